The topological polar surface area (TPSA) is 24.5 Å². The van der Waals surface area contributed by atoms with Crippen molar-refractivity contribution in [2.24, 2.45) is 10.8 Å². The third kappa shape index (κ3) is 3.43. The summed E-state index contributed by atoms with van der Waals surface area (Å²) in [7, 11) is 2.07. The highest BCUT2D eigenvalue weighted by molar-refractivity contribution is 4.91. The second kappa shape index (κ2) is 5.25. The Morgan fingerprint density at radius 1 is 1.18 bits per heavy atom. The Morgan fingerprint density at radius 3 is 2.41 bits per heavy atom. The van der Waals surface area contributed by atoms with Crippen LogP contribution in [0.1, 0.15) is 33.1 Å². The van der Waals surface area contributed by atoms with E-state index in [1.807, 2.05) is 0 Å². The third-order valence-electron chi connectivity index (χ3n) is 4.42. The summed E-state index contributed by atoms with van der Waals surface area (Å²) in [4.78, 5) is 2.67. The maximum absolute atomic E-state index is 5.53. The minimum Gasteiger partial charge on any atom is -0.381 e. The van der Waals surface area contributed by atoms with Crippen molar-refractivity contribution in [1.82, 2.24) is 10.2 Å². The molecule has 2 heterocycles. The average molecular weight is 240 g/mol. The van der Waals surface area contributed by atoms with Gasteiger partial charge in [-0.15, -0.1) is 0 Å². The quantitative estimate of drug-likeness (QED) is 0.810. The zero-order valence-electron chi connectivity index (χ0n) is 11.7. The maximum atomic E-state index is 5.53. The number of rotatable bonds is 4. The second-order valence-corrected chi connectivity index (χ2v) is 6.77. The van der Waals surface area contributed by atoms with Crippen LogP contribution in [0.5, 0.6) is 0 Å². The van der Waals surface area contributed by atoms with E-state index in [0.717, 1.165) is 19.8 Å². The van der Waals surface area contributed by atoms with Crippen molar-refractivity contribution in [1.29, 1.82) is 0 Å². The van der Waals surface area contributed by atoms with Crippen LogP contribution in [0.2, 0.25) is 0 Å². The number of ether oxygens (including phenoxy) is 1. The minimum atomic E-state index is 0.452. The van der Waals surface area contributed by atoms with E-state index in [4.69, 9.17) is 4.74 Å². The van der Waals surface area contributed by atoms with Crippen LogP contribution in [0, 0.1) is 10.8 Å². The Labute approximate surface area is 106 Å². The standard InChI is InChI=1S/C14H28N2O/c1-13(2)4-7-16(11-13)12-14(10-15-3)5-8-17-9-6-14/h15H,4-12H2,1-3H3. The summed E-state index contributed by atoms with van der Waals surface area (Å²) < 4.78 is 5.53. The van der Waals surface area contributed by atoms with Crippen molar-refractivity contribution in [2.45, 2.75) is 33.1 Å². The summed E-state index contributed by atoms with van der Waals surface area (Å²) in [5, 5.41) is 3.39. The van der Waals surface area contributed by atoms with Crippen LogP contribution in [0.3, 0.4) is 0 Å². The van der Waals surface area contributed by atoms with Crippen molar-refractivity contribution < 1.29 is 4.74 Å². The van der Waals surface area contributed by atoms with E-state index in [2.05, 4.69) is 31.1 Å². The molecule has 3 heteroatoms. The van der Waals surface area contributed by atoms with E-state index in [0.29, 0.717) is 10.8 Å². The number of nitrogens with one attached hydrogen (secondary N) is 1. The summed E-state index contributed by atoms with van der Waals surface area (Å²) in [6, 6.07) is 0. The normalized spacial score (nSPS) is 28.4. The number of hydrogen-bond donors (Lipinski definition) is 1. The molecule has 0 saturated carbocycles. The number of likely N-dealkylation sites (tertiary alicyclic amines) is 1. The molecule has 2 fully saturated rings. The molecule has 0 spiro atoms. The van der Waals surface area contributed by atoms with Gasteiger partial charge < -0.3 is 15.0 Å². The van der Waals surface area contributed by atoms with Crippen molar-refractivity contribution in [3.8, 4) is 0 Å². The lowest BCUT2D eigenvalue weighted by Crippen LogP contribution is -2.46. The molecule has 0 radical (unpaired) electrons. The van der Waals surface area contributed by atoms with Gasteiger partial charge in [0, 0.05) is 32.8 Å². The Balaban J connectivity index is 1.93. The first-order chi connectivity index (χ1) is 8.05. The molecule has 3 nitrogen and oxygen atoms in total. The first-order valence-electron chi connectivity index (χ1n) is 7.00. The molecular weight excluding hydrogens is 212 g/mol. The minimum absolute atomic E-state index is 0.452. The SMILES string of the molecule is CNCC1(CN2CCC(C)(C)C2)CCOCC1. The molecule has 2 saturated heterocycles. The van der Waals surface area contributed by atoms with Gasteiger partial charge in [0.1, 0.15) is 0 Å². The highest BCUT2D eigenvalue weighted by Gasteiger charge is 2.37. The lowest BCUT2D eigenvalue weighted by atomic mass is 9.79. The largest absolute Gasteiger partial charge is 0.381 e. The highest BCUT2D eigenvalue weighted by Crippen LogP contribution is 2.35. The predicted molar refractivity (Wildman–Crippen MR) is 71.3 cm³/mol. The Hall–Kier alpha value is -0.120. The molecule has 0 amide bonds. The highest BCUT2D eigenvalue weighted by atomic mass is 16.5. The lowest BCUT2D eigenvalue weighted by Gasteiger charge is -2.40. The van der Waals surface area contributed by atoms with Crippen LogP contribution in [0.4, 0.5) is 0 Å². The zero-order chi connectivity index (χ0) is 12.4. The fourth-order valence-corrected chi connectivity index (χ4v) is 3.40. The Kier molecular flexibility index (Phi) is 4.11. The van der Waals surface area contributed by atoms with E-state index in [9.17, 15) is 0 Å². The van der Waals surface area contributed by atoms with Gasteiger partial charge in [-0.3, -0.25) is 0 Å². The van der Waals surface area contributed by atoms with Gasteiger partial charge in [-0.1, -0.05) is 13.8 Å². The molecule has 0 bridgehead atoms. The zero-order valence-corrected chi connectivity index (χ0v) is 11.7. The van der Waals surface area contributed by atoms with Crippen LogP contribution in [0.15, 0.2) is 0 Å². The molecule has 0 aromatic heterocycles. The van der Waals surface area contributed by atoms with Gasteiger partial charge in [-0.05, 0) is 43.7 Å². The molecule has 17 heavy (non-hydrogen) atoms. The molecule has 2 aliphatic rings. The summed E-state index contributed by atoms with van der Waals surface area (Å²) in [6.07, 6.45) is 3.77. The van der Waals surface area contributed by atoms with Gasteiger partial charge in [-0.25, -0.2) is 0 Å². The van der Waals surface area contributed by atoms with Gasteiger partial charge in [0.25, 0.3) is 0 Å². The Bertz CT molecular complexity index is 241. The van der Waals surface area contributed by atoms with Crippen LogP contribution >= 0.6 is 0 Å². The fourth-order valence-electron chi connectivity index (χ4n) is 3.40. The van der Waals surface area contributed by atoms with Crippen molar-refractivity contribution in [3.05, 3.63) is 0 Å². The Morgan fingerprint density at radius 2 is 1.88 bits per heavy atom. The van der Waals surface area contributed by atoms with Crippen LogP contribution in [0.25, 0.3) is 0 Å². The predicted octanol–water partition coefficient (Wildman–Crippen LogP) is 1.73. The van der Waals surface area contributed by atoms with Gasteiger partial charge in [0.2, 0.25) is 0 Å². The maximum Gasteiger partial charge on any atom is 0.0472 e. The summed E-state index contributed by atoms with van der Waals surface area (Å²) in [5.41, 5.74) is 0.972. The van der Waals surface area contributed by atoms with Gasteiger partial charge >= 0.3 is 0 Å². The summed E-state index contributed by atoms with van der Waals surface area (Å²) >= 11 is 0. The fraction of sp³-hybridized carbons (Fsp3) is 1.00. The van der Waals surface area contributed by atoms with E-state index in [1.54, 1.807) is 0 Å². The summed E-state index contributed by atoms with van der Waals surface area (Å²) in [6.45, 7) is 11.6. The van der Waals surface area contributed by atoms with Gasteiger partial charge in [-0.2, -0.15) is 0 Å². The van der Waals surface area contributed by atoms with E-state index in [1.165, 1.54) is 38.9 Å². The molecule has 0 atom stereocenters. The first-order valence-corrected chi connectivity index (χ1v) is 7.00. The molecule has 1 N–H and O–H groups in total. The van der Waals surface area contributed by atoms with Crippen molar-refractivity contribution in [3.63, 3.8) is 0 Å². The first kappa shape index (κ1) is 13.3. The van der Waals surface area contributed by atoms with Gasteiger partial charge in [0.05, 0.1) is 0 Å². The molecule has 0 unspecified atom stereocenters. The average Bonchev–Trinajstić information content (AvgIpc) is 2.59. The number of hydrogen-bond acceptors (Lipinski definition) is 3. The monoisotopic (exact) mass is 240 g/mol. The van der Waals surface area contributed by atoms with Crippen LogP contribution in [-0.2, 0) is 4.74 Å². The van der Waals surface area contributed by atoms with E-state index >= 15 is 0 Å². The van der Waals surface area contributed by atoms with Crippen molar-refractivity contribution in [2.75, 3.05) is 46.4 Å². The van der Waals surface area contributed by atoms with Gasteiger partial charge in [0.15, 0.2) is 0 Å². The number of nitrogens with zero attached hydrogens (tertiary/aromatic N) is 1. The van der Waals surface area contributed by atoms with E-state index < -0.39 is 0 Å². The third-order valence-corrected chi connectivity index (χ3v) is 4.42. The molecule has 0 aromatic carbocycles. The van der Waals surface area contributed by atoms with Crippen molar-refractivity contribution >= 4 is 0 Å². The van der Waals surface area contributed by atoms with Crippen LogP contribution in [-0.4, -0.2) is 51.3 Å². The molecule has 2 aliphatic heterocycles. The molecular formula is C14H28N2O. The lowest BCUT2D eigenvalue weighted by molar-refractivity contribution is -0.00119. The molecule has 0 aliphatic carbocycles. The smallest absolute Gasteiger partial charge is 0.0472 e. The molecule has 0 aromatic rings. The second-order valence-electron chi connectivity index (χ2n) is 6.77. The van der Waals surface area contributed by atoms with Crippen LogP contribution < -0.4 is 5.32 Å². The van der Waals surface area contributed by atoms with E-state index in [-0.39, 0.29) is 0 Å². The molecule has 2 rings (SSSR count). The summed E-state index contributed by atoms with van der Waals surface area (Å²) in [5.74, 6) is 0. The molecule has 100 valence electrons.